The van der Waals surface area contributed by atoms with Gasteiger partial charge in [0.1, 0.15) is 0 Å². The van der Waals surface area contributed by atoms with E-state index in [2.05, 4.69) is 4.98 Å². The number of carbonyl (C=O) groups is 2. The van der Waals surface area contributed by atoms with Gasteiger partial charge < -0.3 is 15.0 Å². The van der Waals surface area contributed by atoms with Crippen LogP contribution in [0.25, 0.3) is 4.98 Å². The maximum absolute atomic E-state index is 10.8. The van der Waals surface area contributed by atoms with Crippen molar-refractivity contribution in [3.05, 3.63) is 30.6 Å². The van der Waals surface area contributed by atoms with Gasteiger partial charge in [0.15, 0.2) is 15.6 Å². The van der Waals surface area contributed by atoms with Crippen LogP contribution in [0.2, 0.25) is 20.1 Å². The molecule has 1 N–H and O–H groups in total. The molecule has 0 fully saturated rings. The first kappa shape index (κ1) is 21.6. The summed E-state index contributed by atoms with van der Waals surface area (Å²) in [7, 11) is 0. The molecule has 0 saturated heterocycles. The zero-order valence-corrected chi connectivity index (χ0v) is 15.0. The van der Waals surface area contributed by atoms with Crippen LogP contribution in [-0.2, 0) is 4.79 Å². The summed E-state index contributed by atoms with van der Waals surface area (Å²) in [5.41, 5.74) is -0.929. The second-order valence-corrected chi connectivity index (χ2v) is 6.96. The summed E-state index contributed by atoms with van der Waals surface area (Å²) >= 11 is 36.7. The van der Waals surface area contributed by atoms with E-state index in [9.17, 15) is 14.7 Å². The minimum absolute atomic E-state index is 0.166. The van der Waals surface area contributed by atoms with Crippen molar-refractivity contribution < 1.29 is 19.8 Å². The molecule has 0 amide bonds. The number of diazo groups is 1. The van der Waals surface area contributed by atoms with Crippen LogP contribution in [0.1, 0.15) is 10.4 Å². The fraction of sp³-hybridized carbons (Fsp3) is 0.111. The Kier molecular flexibility index (Phi) is 8.31. The van der Waals surface area contributed by atoms with Crippen molar-refractivity contribution in [1.82, 2.24) is 0 Å². The van der Waals surface area contributed by atoms with E-state index in [-0.39, 0.29) is 20.1 Å². The third kappa shape index (κ3) is 5.36. The number of hydrogen-bond acceptors (Lipinski definition) is 4. The van der Waals surface area contributed by atoms with Crippen LogP contribution in [0.3, 0.4) is 0 Å². The highest BCUT2D eigenvalue weighted by molar-refractivity contribution is 6.75. The lowest BCUT2D eigenvalue weighted by atomic mass is 10.2. The van der Waals surface area contributed by atoms with Crippen molar-refractivity contribution in [2.75, 3.05) is 0 Å². The Morgan fingerprint density at radius 3 is 1.64 bits per heavy atom. The first-order valence-electron chi connectivity index (χ1n) is 4.58. The molecule has 1 aromatic carbocycles. The molecule has 13 heteroatoms. The van der Waals surface area contributed by atoms with Gasteiger partial charge in [-0.2, -0.15) is 0 Å². The Bertz CT molecular complexity index is 666. The predicted molar refractivity (Wildman–Crippen MR) is 83.5 cm³/mol. The molecule has 0 unspecified atom stereocenters. The number of alkyl halides is 3. The number of carboxylic acid groups (broad SMARTS) is 2. The first-order valence-corrected chi connectivity index (χ1v) is 7.23. The normalized spacial score (nSPS) is 10.3. The molecule has 0 aliphatic carbocycles. The molecule has 0 atom stereocenters. The van der Waals surface area contributed by atoms with Crippen molar-refractivity contribution in [2.24, 2.45) is 0 Å². The maximum atomic E-state index is 10.8. The average molecular weight is 449 g/mol. The third-order valence-electron chi connectivity index (χ3n) is 1.79. The topological polar surface area (TPSA) is 106 Å². The molecule has 0 spiro atoms. The Labute approximate surface area is 158 Å². The third-order valence-corrected chi connectivity index (χ3v) is 4.04. The van der Waals surface area contributed by atoms with E-state index >= 15 is 0 Å². The molecule has 0 heterocycles. The van der Waals surface area contributed by atoms with E-state index in [1.54, 1.807) is 0 Å². The van der Waals surface area contributed by atoms with Crippen molar-refractivity contribution in [1.29, 1.82) is 5.39 Å². The van der Waals surface area contributed by atoms with Gasteiger partial charge in [0, 0.05) is 0 Å². The van der Waals surface area contributed by atoms with E-state index in [0.717, 1.165) is 0 Å². The van der Waals surface area contributed by atoms with E-state index in [1.165, 1.54) is 0 Å². The van der Waals surface area contributed by atoms with Gasteiger partial charge in [-0.05, 0) is 0 Å². The predicted octanol–water partition coefficient (Wildman–Crippen LogP) is 4.59. The number of aromatic carboxylic acids is 1. The molecule has 1 aromatic rings. The van der Waals surface area contributed by atoms with Gasteiger partial charge in [-0.25, -0.2) is 4.79 Å². The van der Waals surface area contributed by atoms with Crippen molar-refractivity contribution in [3.8, 4) is 0 Å². The molecule has 0 saturated carbocycles. The number of rotatable bonds is 1. The number of carboxylic acids is 2. The van der Waals surface area contributed by atoms with Crippen molar-refractivity contribution in [2.45, 2.75) is 3.79 Å². The van der Waals surface area contributed by atoms with Crippen molar-refractivity contribution >= 4 is 98.8 Å². The molecule has 0 aliphatic heterocycles. The van der Waals surface area contributed by atoms with Crippen LogP contribution in [0, 0.1) is 5.39 Å². The van der Waals surface area contributed by atoms with Crippen LogP contribution < -0.4 is 5.11 Å². The van der Waals surface area contributed by atoms with Gasteiger partial charge in [-0.15, -0.1) is 0 Å². The number of aliphatic carboxylic acids is 1. The number of nitrogens with zero attached hydrogens (tertiary/aromatic N) is 2. The minimum atomic E-state index is -2.28. The highest BCUT2D eigenvalue weighted by Gasteiger charge is 2.33. The second kappa shape index (κ2) is 8.46. The molecule has 0 aliphatic rings. The largest absolute Gasteiger partial charge is 0.545 e. The van der Waals surface area contributed by atoms with Crippen molar-refractivity contribution in [3.63, 3.8) is 0 Å². The Balaban J connectivity index is 0.000000534. The summed E-state index contributed by atoms with van der Waals surface area (Å²) in [6.45, 7) is 0. The Morgan fingerprint density at radius 1 is 1.00 bits per heavy atom. The molecule has 6 nitrogen and oxygen atoms in total. The van der Waals surface area contributed by atoms with E-state index in [1.807, 2.05) is 0 Å². The molecule has 1 rings (SSSR count). The molecule has 0 aromatic heterocycles. The lowest BCUT2D eigenvalue weighted by Gasteiger charge is -2.09. The summed E-state index contributed by atoms with van der Waals surface area (Å²) in [4.78, 5) is 23.0. The van der Waals surface area contributed by atoms with Gasteiger partial charge in [0.2, 0.25) is 9.19 Å². The molecular formula is C9HCl7N2O4. The summed E-state index contributed by atoms with van der Waals surface area (Å²) in [6.07, 6.45) is 0. The van der Waals surface area contributed by atoms with E-state index in [4.69, 9.17) is 91.7 Å². The SMILES string of the molecule is N#[N+]c1c(Cl)c(Cl)c(Cl)c(Cl)c1C(=O)O.O=C([O-])C(Cl)(Cl)Cl. The summed E-state index contributed by atoms with van der Waals surface area (Å²) < 4.78 is -2.28. The zero-order chi connectivity index (χ0) is 17.8. The van der Waals surface area contributed by atoms with Gasteiger partial charge >= 0.3 is 11.7 Å². The Hall–Kier alpha value is -0.390. The lowest BCUT2D eigenvalue weighted by Crippen LogP contribution is -2.35. The quantitative estimate of drug-likeness (QED) is 0.292. The first-order chi connectivity index (χ1) is 9.86. The molecule has 0 bridgehead atoms. The zero-order valence-electron chi connectivity index (χ0n) is 9.71. The smallest absolute Gasteiger partial charge is 0.421 e. The van der Waals surface area contributed by atoms with E-state index < -0.39 is 27.0 Å². The van der Waals surface area contributed by atoms with Crippen LogP contribution in [0.15, 0.2) is 0 Å². The van der Waals surface area contributed by atoms with E-state index in [0.29, 0.717) is 0 Å². The average Bonchev–Trinajstić information content (AvgIpc) is 2.39. The van der Waals surface area contributed by atoms with Gasteiger partial charge in [-0.3, -0.25) is 0 Å². The van der Waals surface area contributed by atoms with Crippen LogP contribution in [-0.4, -0.2) is 20.8 Å². The molecule has 120 valence electrons. The fourth-order valence-corrected chi connectivity index (χ4v) is 1.87. The van der Waals surface area contributed by atoms with Crippen LogP contribution in [0.4, 0.5) is 5.69 Å². The molecular weight excluding hydrogens is 448 g/mol. The number of halogens is 7. The number of carbonyl (C=O) groups excluding carboxylic acids is 1. The molecule has 22 heavy (non-hydrogen) atoms. The standard InChI is InChI=1S/C7Cl4N2O2.C2HCl3O2/c8-2-1(7(14)15)6(13-12)5(11)4(10)3(2)9;3-2(4,5)1(6)7/h;(H,6,7). The second-order valence-electron chi connectivity index (χ2n) is 3.17. The summed E-state index contributed by atoms with van der Waals surface area (Å²) in [5, 5.41) is 26.0. The molecule has 0 radical (unpaired) electrons. The Morgan fingerprint density at radius 2 is 1.36 bits per heavy atom. The number of benzene rings is 1. The van der Waals surface area contributed by atoms with Crippen LogP contribution >= 0.6 is 81.2 Å². The van der Waals surface area contributed by atoms with Gasteiger partial charge in [0.25, 0.3) is 0 Å². The monoisotopic (exact) mass is 446 g/mol. The lowest BCUT2D eigenvalue weighted by molar-refractivity contribution is -0.304. The van der Waals surface area contributed by atoms with Gasteiger partial charge in [0.05, 0.1) is 21.0 Å². The highest BCUT2D eigenvalue weighted by Crippen LogP contribution is 2.45. The maximum Gasteiger partial charge on any atom is 0.421 e. The minimum Gasteiger partial charge on any atom is -0.545 e. The van der Waals surface area contributed by atoms with Gasteiger partial charge in [-0.1, -0.05) is 81.2 Å². The van der Waals surface area contributed by atoms with Crippen LogP contribution in [0.5, 0.6) is 0 Å². The summed E-state index contributed by atoms with van der Waals surface area (Å²) in [6, 6.07) is 0. The fourth-order valence-electron chi connectivity index (χ4n) is 0.909. The summed E-state index contributed by atoms with van der Waals surface area (Å²) in [5.74, 6) is -3.13. The highest BCUT2D eigenvalue weighted by atomic mass is 35.6. The number of hydrogen-bond donors (Lipinski definition) is 1.